The van der Waals surface area contributed by atoms with Crippen LogP contribution in [0, 0.1) is 0 Å². The molecule has 0 saturated carbocycles. The van der Waals surface area contributed by atoms with Crippen molar-refractivity contribution in [2.45, 2.75) is 19.4 Å². The van der Waals surface area contributed by atoms with Gasteiger partial charge in [0.1, 0.15) is 12.4 Å². The Morgan fingerprint density at radius 1 is 1.50 bits per heavy atom. The van der Waals surface area contributed by atoms with E-state index < -0.39 is 0 Å². The molecule has 2 rings (SSSR count). The van der Waals surface area contributed by atoms with Crippen molar-refractivity contribution < 1.29 is 9.53 Å². The van der Waals surface area contributed by atoms with Crippen molar-refractivity contribution >= 4 is 6.03 Å². The number of hydrogen-bond acceptors (Lipinski definition) is 2. The Hall–Kier alpha value is -1.71. The molecule has 16 heavy (non-hydrogen) atoms. The molecule has 4 nitrogen and oxygen atoms in total. The minimum atomic E-state index is -0.129. The van der Waals surface area contributed by atoms with Crippen molar-refractivity contribution in [2.75, 3.05) is 13.2 Å². The number of fused-ring (bicyclic) bond motifs is 1. The first-order chi connectivity index (χ1) is 7.79. The first-order valence-electron chi connectivity index (χ1n) is 5.54. The maximum Gasteiger partial charge on any atom is 0.315 e. The van der Waals surface area contributed by atoms with Crippen LogP contribution in [0.2, 0.25) is 0 Å². The number of benzene rings is 1. The molecule has 1 unspecified atom stereocenters. The van der Waals surface area contributed by atoms with Gasteiger partial charge in [-0.2, -0.15) is 0 Å². The first kappa shape index (κ1) is 10.8. The molecule has 86 valence electrons. The van der Waals surface area contributed by atoms with Gasteiger partial charge >= 0.3 is 6.03 Å². The van der Waals surface area contributed by atoms with E-state index in [1.165, 1.54) is 0 Å². The van der Waals surface area contributed by atoms with Gasteiger partial charge in [0.2, 0.25) is 0 Å². The summed E-state index contributed by atoms with van der Waals surface area (Å²) in [6.45, 7) is 3.07. The second kappa shape index (κ2) is 4.88. The third kappa shape index (κ3) is 2.45. The zero-order chi connectivity index (χ0) is 11.4. The Bertz CT molecular complexity index is 379. The molecule has 0 aromatic heterocycles. The summed E-state index contributed by atoms with van der Waals surface area (Å²) in [5, 5.41) is 5.60. The minimum Gasteiger partial charge on any atom is -0.491 e. The molecule has 1 aromatic rings. The summed E-state index contributed by atoms with van der Waals surface area (Å²) in [4.78, 5) is 11.3. The van der Waals surface area contributed by atoms with Crippen molar-refractivity contribution in [3.05, 3.63) is 29.8 Å². The number of carbonyl (C=O) groups is 1. The molecular weight excluding hydrogens is 204 g/mol. The van der Waals surface area contributed by atoms with E-state index in [1.807, 2.05) is 31.2 Å². The summed E-state index contributed by atoms with van der Waals surface area (Å²) in [5.41, 5.74) is 1.15. The molecule has 0 radical (unpaired) electrons. The standard InChI is InChI=1S/C12H16N2O2/c1-2-13-12(15)14-10-7-9-5-3-4-6-11(9)16-8-10/h3-6,10H,2,7-8H2,1H3,(H2,13,14,15). The monoisotopic (exact) mass is 220 g/mol. The quantitative estimate of drug-likeness (QED) is 0.789. The van der Waals surface area contributed by atoms with Gasteiger partial charge in [0.15, 0.2) is 0 Å². The van der Waals surface area contributed by atoms with Crippen LogP contribution in [-0.2, 0) is 6.42 Å². The van der Waals surface area contributed by atoms with Crippen LogP contribution in [0.15, 0.2) is 24.3 Å². The molecule has 1 atom stereocenters. The van der Waals surface area contributed by atoms with Crippen molar-refractivity contribution in [1.82, 2.24) is 10.6 Å². The van der Waals surface area contributed by atoms with Crippen molar-refractivity contribution in [3.63, 3.8) is 0 Å². The van der Waals surface area contributed by atoms with Crippen molar-refractivity contribution in [3.8, 4) is 5.75 Å². The Balaban J connectivity index is 1.95. The number of nitrogens with one attached hydrogen (secondary N) is 2. The lowest BCUT2D eigenvalue weighted by Crippen LogP contribution is -2.47. The van der Waals surface area contributed by atoms with Crippen molar-refractivity contribution in [2.24, 2.45) is 0 Å². The summed E-state index contributed by atoms with van der Waals surface area (Å²) in [5.74, 6) is 0.927. The SMILES string of the molecule is CCNC(=O)NC1COc2ccccc2C1. The number of amides is 2. The average Bonchev–Trinajstić information content (AvgIpc) is 2.29. The van der Waals surface area contributed by atoms with Crippen LogP contribution in [0.1, 0.15) is 12.5 Å². The number of rotatable bonds is 2. The van der Waals surface area contributed by atoms with Gasteiger partial charge in [0.05, 0.1) is 6.04 Å². The Kier molecular flexibility index (Phi) is 3.29. The summed E-state index contributed by atoms with van der Waals surface area (Å²) < 4.78 is 5.57. The summed E-state index contributed by atoms with van der Waals surface area (Å²) >= 11 is 0. The van der Waals surface area contributed by atoms with Gasteiger partial charge in [-0.1, -0.05) is 18.2 Å². The fraction of sp³-hybridized carbons (Fsp3) is 0.417. The predicted octanol–water partition coefficient (Wildman–Crippen LogP) is 1.31. The zero-order valence-electron chi connectivity index (χ0n) is 9.32. The summed E-state index contributed by atoms with van der Waals surface area (Å²) in [6, 6.07) is 7.85. The Labute approximate surface area is 95.0 Å². The van der Waals surface area contributed by atoms with E-state index in [0.29, 0.717) is 13.2 Å². The van der Waals surface area contributed by atoms with Crippen LogP contribution in [0.5, 0.6) is 5.75 Å². The number of urea groups is 1. The molecule has 0 saturated heterocycles. The van der Waals surface area contributed by atoms with Gasteiger partial charge in [-0.25, -0.2) is 4.79 Å². The second-order valence-electron chi connectivity index (χ2n) is 3.82. The molecular formula is C12H16N2O2. The first-order valence-corrected chi connectivity index (χ1v) is 5.54. The van der Waals surface area contributed by atoms with Gasteiger partial charge in [-0.15, -0.1) is 0 Å². The van der Waals surface area contributed by atoms with E-state index in [-0.39, 0.29) is 12.1 Å². The Morgan fingerprint density at radius 2 is 2.31 bits per heavy atom. The Morgan fingerprint density at radius 3 is 3.12 bits per heavy atom. The van der Waals surface area contributed by atoms with Gasteiger partial charge < -0.3 is 15.4 Å². The van der Waals surface area contributed by atoms with E-state index in [4.69, 9.17) is 4.74 Å². The van der Waals surface area contributed by atoms with Gasteiger partial charge in [0.25, 0.3) is 0 Å². The summed E-state index contributed by atoms with van der Waals surface area (Å²) in [7, 11) is 0. The number of ether oxygens (including phenoxy) is 1. The molecule has 1 aliphatic rings. The summed E-state index contributed by atoms with van der Waals surface area (Å²) in [6.07, 6.45) is 0.827. The molecule has 2 amide bonds. The molecule has 1 aliphatic heterocycles. The van der Waals surface area contributed by atoms with E-state index in [0.717, 1.165) is 17.7 Å². The van der Waals surface area contributed by atoms with Gasteiger partial charge in [-0.3, -0.25) is 0 Å². The number of carbonyl (C=O) groups excluding carboxylic acids is 1. The molecule has 0 spiro atoms. The zero-order valence-corrected chi connectivity index (χ0v) is 9.32. The average molecular weight is 220 g/mol. The molecule has 0 aliphatic carbocycles. The predicted molar refractivity (Wildman–Crippen MR) is 61.6 cm³/mol. The van der Waals surface area contributed by atoms with Crippen LogP contribution >= 0.6 is 0 Å². The largest absolute Gasteiger partial charge is 0.491 e. The van der Waals surface area contributed by atoms with Crippen LogP contribution in [-0.4, -0.2) is 25.2 Å². The van der Waals surface area contributed by atoms with E-state index >= 15 is 0 Å². The fourth-order valence-electron chi connectivity index (χ4n) is 1.82. The molecule has 2 N–H and O–H groups in total. The number of hydrogen-bond donors (Lipinski definition) is 2. The molecule has 0 fully saturated rings. The highest BCUT2D eigenvalue weighted by Crippen LogP contribution is 2.23. The van der Waals surface area contributed by atoms with E-state index in [2.05, 4.69) is 10.6 Å². The van der Waals surface area contributed by atoms with Crippen molar-refractivity contribution in [1.29, 1.82) is 0 Å². The van der Waals surface area contributed by atoms with E-state index in [1.54, 1.807) is 0 Å². The van der Waals surface area contributed by atoms with Gasteiger partial charge in [-0.05, 0) is 25.0 Å². The highest BCUT2D eigenvalue weighted by molar-refractivity contribution is 5.74. The van der Waals surface area contributed by atoms with E-state index in [9.17, 15) is 4.79 Å². The topological polar surface area (TPSA) is 50.4 Å². The lowest BCUT2D eigenvalue weighted by Gasteiger charge is -2.25. The maximum absolute atomic E-state index is 11.3. The lowest BCUT2D eigenvalue weighted by atomic mass is 10.0. The minimum absolute atomic E-state index is 0.0569. The maximum atomic E-state index is 11.3. The second-order valence-corrected chi connectivity index (χ2v) is 3.82. The lowest BCUT2D eigenvalue weighted by molar-refractivity contribution is 0.215. The van der Waals surface area contributed by atoms with Crippen LogP contribution < -0.4 is 15.4 Å². The smallest absolute Gasteiger partial charge is 0.315 e. The van der Waals surface area contributed by atoms with Crippen LogP contribution in [0.4, 0.5) is 4.79 Å². The normalized spacial score (nSPS) is 18.2. The molecule has 1 heterocycles. The third-order valence-corrected chi connectivity index (χ3v) is 2.55. The molecule has 0 bridgehead atoms. The molecule has 4 heteroatoms. The van der Waals surface area contributed by atoms with Crippen LogP contribution in [0.25, 0.3) is 0 Å². The fourth-order valence-corrected chi connectivity index (χ4v) is 1.82. The van der Waals surface area contributed by atoms with Gasteiger partial charge in [0, 0.05) is 6.54 Å². The highest BCUT2D eigenvalue weighted by Gasteiger charge is 2.20. The molecule has 1 aromatic carbocycles. The van der Waals surface area contributed by atoms with Crippen LogP contribution in [0.3, 0.4) is 0 Å². The third-order valence-electron chi connectivity index (χ3n) is 2.55. The highest BCUT2D eigenvalue weighted by atomic mass is 16.5. The number of para-hydroxylation sites is 1.